The fourth-order valence-electron chi connectivity index (χ4n) is 1.47. The summed E-state index contributed by atoms with van der Waals surface area (Å²) in [6, 6.07) is 9.04. The molecule has 0 aromatic heterocycles. The summed E-state index contributed by atoms with van der Waals surface area (Å²) >= 11 is 0. The highest BCUT2D eigenvalue weighted by atomic mass is 16.2. The summed E-state index contributed by atoms with van der Waals surface area (Å²) in [7, 11) is 0. The fourth-order valence-corrected chi connectivity index (χ4v) is 1.47. The monoisotopic (exact) mass is 263 g/mol. The van der Waals surface area contributed by atoms with Crippen molar-refractivity contribution < 1.29 is 9.59 Å². The van der Waals surface area contributed by atoms with Gasteiger partial charge in [-0.05, 0) is 12.5 Å². The largest absolute Gasteiger partial charge is 0.350 e. The van der Waals surface area contributed by atoms with E-state index in [9.17, 15) is 9.59 Å². The molecule has 0 bridgehead atoms. The van der Waals surface area contributed by atoms with Crippen LogP contribution in [0.4, 0.5) is 0 Å². The third kappa shape index (κ3) is 5.09. The first-order chi connectivity index (χ1) is 9.04. The highest BCUT2D eigenvalue weighted by molar-refractivity contribution is 5.88. The van der Waals surface area contributed by atoms with Gasteiger partial charge in [-0.1, -0.05) is 37.3 Å². The van der Waals surface area contributed by atoms with E-state index in [1.165, 1.54) is 0 Å². The van der Waals surface area contributed by atoms with Crippen molar-refractivity contribution in [3.05, 3.63) is 35.9 Å². The lowest BCUT2D eigenvalue weighted by Crippen LogP contribution is -2.47. The smallest absolute Gasteiger partial charge is 0.242 e. The number of hydrogen-bond donors (Lipinski definition) is 3. The molecule has 2 unspecified atom stereocenters. The molecule has 4 N–H and O–H groups in total. The lowest BCUT2D eigenvalue weighted by molar-refractivity contribution is -0.130. The molecule has 0 aliphatic carbocycles. The molecule has 0 heterocycles. The van der Waals surface area contributed by atoms with Gasteiger partial charge in [-0.3, -0.25) is 9.59 Å². The van der Waals surface area contributed by atoms with Crippen LogP contribution >= 0.6 is 0 Å². The zero-order valence-corrected chi connectivity index (χ0v) is 11.3. The van der Waals surface area contributed by atoms with Crippen LogP contribution in [0.5, 0.6) is 0 Å². The van der Waals surface area contributed by atoms with Gasteiger partial charge in [-0.2, -0.15) is 0 Å². The van der Waals surface area contributed by atoms with Crippen molar-refractivity contribution in [3.8, 4) is 0 Å². The molecule has 5 nitrogen and oxygen atoms in total. The molecule has 19 heavy (non-hydrogen) atoms. The second-order valence-electron chi connectivity index (χ2n) is 4.57. The molecule has 0 radical (unpaired) electrons. The van der Waals surface area contributed by atoms with Gasteiger partial charge in [-0.25, -0.2) is 0 Å². The Kier molecular flexibility index (Phi) is 6.02. The Morgan fingerprint density at radius 2 is 1.79 bits per heavy atom. The van der Waals surface area contributed by atoms with Crippen LogP contribution in [-0.2, 0) is 16.1 Å². The number of benzene rings is 1. The van der Waals surface area contributed by atoms with E-state index in [1.54, 1.807) is 13.8 Å². The van der Waals surface area contributed by atoms with Gasteiger partial charge >= 0.3 is 0 Å². The number of nitrogens with two attached hydrogens (primary N) is 1. The van der Waals surface area contributed by atoms with Crippen LogP contribution in [0, 0.1) is 5.92 Å². The normalized spacial score (nSPS) is 13.4. The summed E-state index contributed by atoms with van der Waals surface area (Å²) in [4.78, 5) is 23.4. The second-order valence-corrected chi connectivity index (χ2v) is 4.57. The van der Waals surface area contributed by atoms with E-state index in [4.69, 9.17) is 5.73 Å². The van der Waals surface area contributed by atoms with Gasteiger partial charge in [0.2, 0.25) is 11.8 Å². The van der Waals surface area contributed by atoms with Crippen molar-refractivity contribution in [3.63, 3.8) is 0 Å². The molecule has 0 fully saturated rings. The summed E-state index contributed by atoms with van der Waals surface area (Å²) in [6.07, 6.45) is 0. The standard InChI is InChI=1S/C14H21N3O2/c1-10(8-15)13(18)17-11(2)14(19)16-9-12-6-4-3-5-7-12/h3-7,10-11H,8-9,15H2,1-2H3,(H,16,19)(H,17,18). The minimum Gasteiger partial charge on any atom is -0.350 e. The molecule has 2 atom stereocenters. The molecule has 0 saturated heterocycles. The summed E-state index contributed by atoms with van der Waals surface area (Å²) in [5.74, 6) is -0.698. The van der Waals surface area contributed by atoms with Crippen LogP contribution in [0.2, 0.25) is 0 Å². The number of carbonyl (C=O) groups excluding carboxylic acids is 2. The third-order valence-corrected chi connectivity index (χ3v) is 2.86. The van der Waals surface area contributed by atoms with Crippen molar-refractivity contribution in [2.45, 2.75) is 26.4 Å². The van der Waals surface area contributed by atoms with E-state index >= 15 is 0 Å². The Labute approximate surface area is 113 Å². The van der Waals surface area contributed by atoms with E-state index in [0.717, 1.165) is 5.56 Å². The molecule has 1 rings (SSSR count). The minimum absolute atomic E-state index is 0.204. The molecule has 1 aromatic rings. The van der Waals surface area contributed by atoms with Gasteiger partial charge in [0.25, 0.3) is 0 Å². The fraction of sp³-hybridized carbons (Fsp3) is 0.429. The lowest BCUT2D eigenvalue weighted by atomic mass is 10.1. The Balaban J connectivity index is 2.39. The quantitative estimate of drug-likeness (QED) is 0.694. The molecule has 104 valence electrons. The second kappa shape index (κ2) is 7.53. The van der Waals surface area contributed by atoms with E-state index in [1.807, 2.05) is 30.3 Å². The molecule has 5 heteroatoms. The van der Waals surface area contributed by atoms with Crippen molar-refractivity contribution in [2.75, 3.05) is 6.54 Å². The molecule has 0 spiro atoms. The Morgan fingerprint density at radius 3 is 2.37 bits per heavy atom. The van der Waals surface area contributed by atoms with Crippen LogP contribution in [0.1, 0.15) is 19.4 Å². The number of hydrogen-bond acceptors (Lipinski definition) is 3. The topological polar surface area (TPSA) is 84.2 Å². The van der Waals surface area contributed by atoms with Gasteiger partial charge in [0.05, 0.1) is 0 Å². The average Bonchev–Trinajstić information content (AvgIpc) is 2.44. The summed E-state index contributed by atoms with van der Waals surface area (Å²) in [6.45, 7) is 4.10. The molecule has 0 aliphatic heterocycles. The maximum absolute atomic E-state index is 11.8. The highest BCUT2D eigenvalue weighted by Crippen LogP contribution is 1.98. The van der Waals surface area contributed by atoms with Gasteiger partial charge in [0.1, 0.15) is 6.04 Å². The predicted molar refractivity (Wildman–Crippen MR) is 74.1 cm³/mol. The van der Waals surface area contributed by atoms with Crippen molar-refractivity contribution in [1.29, 1.82) is 0 Å². The summed E-state index contributed by atoms with van der Waals surface area (Å²) < 4.78 is 0. The van der Waals surface area contributed by atoms with Crippen LogP contribution in [-0.4, -0.2) is 24.4 Å². The molecule has 2 amide bonds. The maximum atomic E-state index is 11.8. The number of carbonyl (C=O) groups is 2. The van der Waals surface area contributed by atoms with Crippen LogP contribution in [0.15, 0.2) is 30.3 Å². The van der Waals surface area contributed by atoms with E-state index in [-0.39, 0.29) is 24.3 Å². The van der Waals surface area contributed by atoms with Crippen LogP contribution in [0.3, 0.4) is 0 Å². The van der Waals surface area contributed by atoms with E-state index in [2.05, 4.69) is 10.6 Å². The van der Waals surface area contributed by atoms with Gasteiger partial charge < -0.3 is 16.4 Å². The first-order valence-electron chi connectivity index (χ1n) is 6.36. The summed E-state index contributed by atoms with van der Waals surface area (Å²) in [5, 5.41) is 5.41. The molecule has 0 saturated carbocycles. The molecule has 1 aromatic carbocycles. The Morgan fingerprint density at radius 1 is 1.16 bits per heavy atom. The molecular formula is C14H21N3O2. The lowest BCUT2D eigenvalue weighted by Gasteiger charge is -2.16. The first-order valence-corrected chi connectivity index (χ1v) is 6.36. The van der Waals surface area contributed by atoms with Crippen molar-refractivity contribution in [2.24, 2.45) is 11.7 Å². The number of amides is 2. The Bertz CT molecular complexity index is 420. The predicted octanol–water partition coefficient (Wildman–Crippen LogP) is 0.402. The van der Waals surface area contributed by atoms with Crippen molar-refractivity contribution >= 4 is 11.8 Å². The zero-order chi connectivity index (χ0) is 14.3. The number of rotatable bonds is 6. The van der Waals surface area contributed by atoms with Gasteiger partial charge in [0, 0.05) is 19.0 Å². The van der Waals surface area contributed by atoms with Crippen molar-refractivity contribution in [1.82, 2.24) is 10.6 Å². The average molecular weight is 263 g/mol. The van der Waals surface area contributed by atoms with E-state index < -0.39 is 6.04 Å². The number of nitrogens with one attached hydrogen (secondary N) is 2. The third-order valence-electron chi connectivity index (χ3n) is 2.86. The Hall–Kier alpha value is -1.88. The van der Waals surface area contributed by atoms with E-state index in [0.29, 0.717) is 6.54 Å². The molecular weight excluding hydrogens is 242 g/mol. The van der Waals surface area contributed by atoms with Gasteiger partial charge in [0.15, 0.2) is 0 Å². The SMILES string of the molecule is CC(CN)C(=O)NC(C)C(=O)NCc1ccccc1. The zero-order valence-electron chi connectivity index (χ0n) is 11.3. The minimum atomic E-state index is -0.565. The highest BCUT2D eigenvalue weighted by Gasteiger charge is 2.18. The summed E-state index contributed by atoms with van der Waals surface area (Å²) in [5.41, 5.74) is 6.42. The maximum Gasteiger partial charge on any atom is 0.242 e. The van der Waals surface area contributed by atoms with Crippen LogP contribution in [0.25, 0.3) is 0 Å². The van der Waals surface area contributed by atoms with Crippen LogP contribution < -0.4 is 16.4 Å². The first kappa shape index (κ1) is 15.2. The van der Waals surface area contributed by atoms with Gasteiger partial charge in [-0.15, -0.1) is 0 Å². The molecule has 0 aliphatic rings.